The van der Waals surface area contributed by atoms with Crippen LogP contribution in [0.25, 0.3) is 0 Å². The molecule has 1 saturated carbocycles. The second kappa shape index (κ2) is 12.3. The fourth-order valence-corrected chi connectivity index (χ4v) is 5.50. The van der Waals surface area contributed by atoms with Gasteiger partial charge in [0.2, 0.25) is 0 Å². The van der Waals surface area contributed by atoms with Crippen molar-refractivity contribution in [3.63, 3.8) is 0 Å². The Morgan fingerprint density at radius 2 is 1.77 bits per heavy atom. The second-order valence-electron chi connectivity index (χ2n) is 9.47. The largest absolute Gasteiger partial charge is 0.493 e. The first kappa shape index (κ1) is 30.3. The molecule has 1 heterocycles. The molecule has 2 aromatic rings. The molecule has 2 aromatic carbocycles. The SMILES string of the molecule is COc1ccc([C@@]23CC[C@@H](NC(=O)Nc4cc(F)ccc4Cl)C[C@@H]2N(C)CC3)cc1OC.O=C(O)C(F)(F)F. The summed E-state index contributed by atoms with van der Waals surface area (Å²) in [4.78, 5) is 23.9. The van der Waals surface area contributed by atoms with Gasteiger partial charge in [0.1, 0.15) is 5.82 Å². The average Bonchev–Trinajstić information content (AvgIpc) is 3.22. The summed E-state index contributed by atoms with van der Waals surface area (Å²) in [5, 5.41) is 13.2. The Labute approximate surface area is 228 Å². The third-order valence-electron chi connectivity index (χ3n) is 7.24. The van der Waals surface area contributed by atoms with Crippen LogP contribution in [0.5, 0.6) is 11.5 Å². The molecule has 1 aliphatic carbocycles. The number of nitrogens with zero attached hydrogens (tertiary/aromatic N) is 1. The molecule has 4 rings (SSSR count). The highest BCUT2D eigenvalue weighted by Crippen LogP contribution is 2.49. The van der Waals surface area contributed by atoms with Crippen molar-refractivity contribution in [1.29, 1.82) is 0 Å². The number of anilines is 1. The summed E-state index contributed by atoms with van der Waals surface area (Å²) in [5.74, 6) is -1.75. The van der Waals surface area contributed by atoms with Crippen LogP contribution in [-0.4, -0.2) is 68.1 Å². The zero-order valence-electron chi connectivity index (χ0n) is 21.6. The maximum atomic E-state index is 13.5. The van der Waals surface area contributed by atoms with E-state index in [0.29, 0.717) is 5.02 Å². The van der Waals surface area contributed by atoms with Crippen LogP contribution in [0.1, 0.15) is 31.2 Å². The highest BCUT2D eigenvalue weighted by Gasteiger charge is 2.50. The standard InChI is InChI=1S/C24H29ClFN3O3.C2HF3O2/c1-29-11-10-24(15-4-7-20(31-2)21(12-15)32-3)9-8-17(14-22(24)29)27-23(30)28-19-13-16(26)5-6-18(19)25;3-2(4,5)1(6)7/h4-7,12-13,17,22H,8-11,14H2,1-3H3,(H2,27,28,30);(H,6,7)/t17-,22+,24+;/m1./s1. The lowest BCUT2D eigenvalue weighted by atomic mass is 9.65. The van der Waals surface area contributed by atoms with Crippen LogP contribution in [0.4, 0.5) is 28.0 Å². The summed E-state index contributed by atoms with van der Waals surface area (Å²) >= 11 is 6.07. The van der Waals surface area contributed by atoms with Gasteiger partial charge in [0, 0.05) is 17.5 Å². The number of fused-ring (bicyclic) bond motifs is 1. The van der Waals surface area contributed by atoms with Crippen LogP contribution in [0.2, 0.25) is 5.02 Å². The molecule has 2 aliphatic rings. The lowest BCUT2D eigenvalue weighted by Gasteiger charge is -2.45. The molecule has 0 bridgehead atoms. The van der Waals surface area contributed by atoms with Gasteiger partial charge >= 0.3 is 18.2 Å². The number of nitrogens with one attached hydrogen (secondary N) is 2. The van der Waals surface area contributed by atoms with Gasteiger partial charge in [0.15, 0.2) is 11.5 Å². The Balaban J connectivity index is 0.000000532. The molecule has 8 nitrogen and oxygen atoms in total. The van der Waals surface area contributed by atoms with E-state index in [2.05, 4.69) is 34.7 Å². The average molecular weight is 576 g/mol. The number of carbonyl (C=O) groups excluding carboxylic acids is 1. The number of alkyl halides is 3. The molecule has 3 atom stereocenters. The van der Waals surface area contributed by atoms with Crippen molar-refractivity contribution < 1.29 is 41.7 Å². The smallest absolute Gasteiger partial charge is 0.490 e. The molecule has 0 aromatic heterocycles. The third-order valence-corrected chi connectivity index (χ3v) is 7.57. The van der Waals surface area contributed by atoms with Gasteiger partial charge in [-0.3, -0.25) is 0 Å². The maximum Gasteiger partial charge on any atom is 0.490 e. The van der Waals surface area contributed by atoms with E-state index in [-0.39, 0.29) is 29.2 Å². The molecule has 39 heavy (non-hydrogen) atoms. The van der Waals surface area contributed by atoms with Gasteiger partial charge in [-0.15, -0.1) is 0 Å². The molecule has 214 valence electrons. The van der Waals surface area contributed by atoms with E-state index in [1.807, 2.05) is 6.07 Å². The molecular weight excluding hydrogens is 546 g/mol. The van der Waals surface area contributed by atoms with Crippen molar-refractivity contribution in [1.82, 2.24) is 10.2 Å². The number of amides is 2. The summed E-state index contributed by atoms with van der Waals surface area (Å²) in [7, 11) is 5.44. The Hall–Kier alpha value is -3.25. The number of carboxylic acid groups (broad SMARTS) is 1. The van der Waals surface area contributed by atoms with Crippen molar-refractivity contribution in [2.45, 2.75) is 49.4 Å². The number of rotatable bonds is 5. The number of halogens is 5. The summed E-state index contributed by atoms with van der Waals surface area (Å²) < 4.78 is 56.2. The van der Waals surface area contributed by atoms with Crippen molar-refractivity contribution in [2.24, 2.45) is 0 Å². The van der Waals surface area contributed by atoms with Crippen LogP contribution < -0.4 is 20.1 Å². The first-order valence-corrected chi connectivity index (χ1v) is 12.4. The first-order valence-electron chi connectivity index (χ1n) is 12.1. The minimum atomic E-state index is -5.08. The minimum Gasteiger partial charge on any atom is -0.493 e. The zero-order valence-corrected chi connectivity index (χ0v) is 22.3. The number of methoxy groups -OCH3 is 2. The van der Waals surface area contributed by atoms with Crippen molar-refractivity contribution in [2.75, 3.05) is 33.1 Å². The maximum absolute atomic E-state index is 13.5. The minimum absolute atomic E-state index is 0.00875. The molecule has 1 saturated heterocycles. The molecule has 0 unspecified atom stereocenters. The van der Waals surface area contributed by atoms with E-state index < -0.39 is 18.0 Å². The summed E-state index contributed by atoms with van der Waals surface area (Å²) in [5.41, 5.74) is 1.52. The van der Waals surface area contributed by atoms with Crippen molar-refractivity contribution in [3.8, 4) is 11.5 Å². The van der Waals surface area contributed by atoms with E-state index in [4.69, 9.17) is 31.0 Å². The number of hydrogen-bond acceptors (Lipinski definition) is 5. The lowest BCUT2D eigenvalue weighted by molar-refractivity contribution is -0.192. The number of hydrogen-bond donors (Lipinski definition) is 3. The number of benzene rings is 2. The number of likely N-dealkylation sites (N-methyl/N-ethyl adjacent to an activating group) is 1. The molecule has 3 N–H and O–H groups in total. The highest BCUT2D eigenvalue weighted by molar-refractivity contribution is 6.33. The van der Waals surface area contributed by atoms with E-state index in [0.717, 1.165) is 43.7 Å². The Morgan fingerprint density at radius 3 is 2.38 bits per heavy atom. The van der Waals surface area contributed by atoms with Crippen LogP contribution in [0, 0.1) is 5.82 Å². The number of carboxylic acids is 1. The Kier molecular flexibility index (Phi) is 9.55. The van der Waals surface area contributed by atoms with E-state index in [9.17, 15) is 22.4 Å². The monoisotopic (exact) mass is 575 g/mol. The van der Waals surface area contributed by atoms with Crippen LogP contribution >= 0.6 is 11.6 Å². The second-order valence-corrected chi connectivity index (χ2v) is 9.88. The summed E-state index contributed by atoms with van der Waals surface area (Å²) in [6, 6.07) is 10.0. The molecule has 0 spiro atoms. The third kappa shape index (κ3) is 7.04. The van der Waals surface area contributed by atoms with Crippen LogP contribution in [0.15, 0.2) is 36.4 Å². The predicted octanol–water partition coefficient (Wildman–Crippen LogP) is 5.45. The van der Waals surface area contributed by atoms with Gasteiger partial charge in [-0.1, -0.05) is 17.7 Å². The fraction of sp³-hybridized carbons (Fsp3) is 0.462. The Morgan fingerprint density at radius 1 is 1.10 bits per heavy atom. The van der Waals surface area contributed by atoms with Crippen molar-refractivity contribution >= 4 is 29.3 Å². The topological polar surface area (TPSA) is 100 Å². The van der Waals surface area contributed by atoms with Gasteiger partial charge < -0.3 is 30.1 Å². The molecule has 2 amide bonds. The van der Waals surface area contributed by atoms with Crippen LogP contribution in [0.3, 0.4) is 0 Å². The highest BCUT2D eigenvalue weighted by atomic mass is 35.5. The fourth-order valence-electron chi connectivity index (χ4n) is 5.33. The normalized spacial score (nSPS) is 22.7. The molecule has 0 radical (unpaired) electrons. The summed E-state index contributed by atoms with van der Waals surface area (Å²) in [6.07, 6.45) is -1.40. The van der Waals surface area contributed by atoms with Gasteiger partial charge in [0.25, 0.3) is 0 Å². The quantitative estimate of drug-likeness (QED) is 0.410. The van der Waals surface area contributed by atoms with Gasteiger partial charge in [-0.05, 0) is 75.2 Å². The number of likely N-dealkylation sites (tertiary alicyclic amines) is 1. The van der Waals surface area contributed by atoms with Gasteiger partial charge in [-0.2, -0.15) is 13.2 Å². The Bertz CT molecular complexity index is 1200. The molecule has 13 heteroatoms. The first-order chi connectivity index (χ1) is 18.3. The van der Waals surface area contributed by atoms with E-state index in [1.54, 1.807) is 14.2 Å². The molecular formula is C26H30ClF4N3O5. The number of carbonyl (C=O) groups is 2. The zero-order chi connectivity index (χ0) is 29.0. The van der Waals surface area contributed by atoms with Gasteiger partial charge in [-0.25, -0.2) is 14.0 Å². The predicted molar refractivity (Wildman–Crippen MR) is 137 cm³/mol. The van der Waals surface area contributed by atoms with Crippen LogP contribution in [-0.2, 0) is 10.2 Å². The van der Waals surface area contributed by atoms with E-state index in [1.165, 1.54) is 23.8 Å². The molecule has 1 aliphatic heterocycles. The number of ether oxygens (including phenoxy) is 2. The summed E-state index contributed by atoms with van der Waals surface area (Å²) in [6.45, 7) is 0.997. The van der Waals surface area contributed by atoms with Crippen molar-refractivity contribution in [3.05, 3.63) is 52.8 Å². The van der Waals surface area contributed by atoms with Gasteiger partial charge in [0.05, 0.1) is 24.9 Å². The number of urea groups is 1. The number of aliphatic carboxylic acids is 1. The lowest BCUT2D eigenvalue weighted by Crippen LogP contribution is -2.52. The van der Waals surface area contributed by atoms with E-state index >= 15 is 0 Å². The molecule has 2 fully saturated rings.